The van der Waals surface area contributed by atoms with E-state index in [1.165, 1.54) is 12.8 Å². The maximum Gasteiger partial charge on any atom is 0.362 e. The molecule has 7 heteroatoms. The van der Waals surface area contributed by atoms with E-state index >= 15 is 0 Å². The summed E-state index contributed by atoms with van der Waals surface area (Å²) in [5, 5.41) is 9.74. The molecule has 2 aromatic rings. The van der Waals surface area contributed by atoms with Gasteiger partial charge in [-0.15, -0.1) is 0 Å². The highest BCUT2D eigenvalue weighted by Crippen LogP contribution is 2.32. The number of rotatable bonds is 5. The zero-order valence-corrected chi connectivity index (χ0v) is 15.3. The molecule has 2 heterocycles. The number of fused-ring (bicyclic) bond motifs is 1. The van der Waals surface area contributed by atoms with Gasteiger partial charge in [0.05, 0.1) is 11.8 Å². The van der Waals surface area contributed by atoms with Gasteiger partial charge in [0.15, 0.2) is 5.69 Å². The lowest BCUT2D eigenvalue weighted by atomic mass is 10.1. The first-order valence-electron chi connectivity index (χ1n) is 9.69. The molecule has 0 radical (unpaired) electrons. The quantitative estimate of drug-likeness (QED) is 0.700. The third kappa shape index (κ3) is 4.08. The van der Waals surface area contributed by atoms with Crippen LogP contribution in [0.3, 0.4) is 0 Å². The van der Waals surface area contributed by atoms with Crippen LogP contribution in [0.1, 0.15) is 38.5 Å². The molecule has 1 aromatic heterocycles. The Labute approximate surface area is 157 Å². The van der Waals surface area contributed by atoms with Crippen molar-refractivity contribution in [3.8, 4) is 0 Å². The summed E-state index contributed by atoms with van der Waals surface area (Å²) in [6, 6.07) is 7.24. The van der Waals surface area contributed by atoms with Crippen molar-refractivity contribution < 1.29 is 13.9 Å². The van der Waals surface area contributed by atoms with Crippen LogP contribution < -0.4 is 21.6 Å². The van der Waals surface area contributed by atoms with Crippen LogP contribution in [0.15, 0.2) is 33.5 Å². The van der Waals surface area contributed by atoms with E-state index in [2.05, 4.69) is 16.0 Å². The molecular formula is C20H25N3O4. The molecule has 7 nitrogen and oxygen atoms in total. The number of ether oxygens (including phenoxy) is 1. The van der Waals surface area contributed by atoms with Crippen LogP contribution in [0.2, 0.25) is 0 Å². The third-order valence-corrected chi connectivity index (χ3v) is 5.27. The fraction of sp³-hybridized carbons (Fsp3) is 0.500. The number of urea groups is 1. The van der Waals surface area contributed by atoms with Crippen molar-refractivity contribution >= 4 is 28.4 Å². The van der Waals surface area contributed by atoms with E-state index in [1.54, 1.807) is 6.07 Å². The van der Waals surface area contributed by atoms with Gasteiger partial charge in [-0.05, 0) is 37.8 Å². The normalized spacial score (nSPS) is 20.1. The fourth-order valence-electron chi connectivity index (χ4n) is 3.86. The summed E-state index contributed by atoms with van der Waals surface area (Å²) in [6.07, 6.45) is 6.44. The molecule has 1 atom stereocenters. The largest absolute Gasteiger partial charge is 0.421 e. The van der Waals surface area contributed by atoms with Crippen LogP contribution in [-0.4, -0.2) is 31.3 Å². The molecule has 3 N–H and O–H groups in total. The Balaban J connectivity index is 1.58. The number of anilines is 2. The van der Waals surface area contributed by atoms with Crippen LogP contribution in [0.4, 0.5) is 16.2 Å². The number of carbonyl (C=O) groups is 1. The van der Waals surface area contributed by atoms with E-state index in [1.807, 2.05) is 18.2 Å². The van der Waals surface area contributed by atoms with Crippen molar-refractivity contribution in [2.24, 2.45) is 0 Å². The van der Waals surface area contributed by atoms with Crippen molar-refractivity contribution in [1.29, 1.82) is 0 Å². The summed E-state index contributed by atoms with van der Waals surface area (Å²) in [5.41, 5.74) is 0.751. The zero-order chi connectivity index (χ0) is 18.6. The molecule has 1 saturated carbocycles. The van der Waals surface area contributed by atoms with E-state index < -0.39 is 11.7 Å². The van der Waals surface area contributed by atoms with Gasteiger partial charge in [-0.25, -0.2) is 9.59 Å². The van der Waals surface area contributed by atoms with Gasteiger partial charge in [-0.1, -0.05) is 25.0 Å². The smallest absolute Gasteiger partial charge is 0.362 e. The molecule has 1 aliphatic heterocycles. The highest BCUT2D eigenvalue weighted by molar-refractivity contribution is 6.01. The molecule has 1 saturated heterocycles. The zero-order valence-electron chi connectivity index (χ0n) is 15.3. The Morgan fingerprint density at radius 2 is 1.89 bits per heavy atom. The molecule has 27 heavy (non-hydrogen) atoms. The van der Waals surface area contributed by atoms with Gasteiger partial charge in [0.2, 0.25) is 0 Å². The average molecular weight is 371 g/mol. The monoisotopic (exact) mass is 371 g/mol. The lowest BCUT2D eigenvalue weighted by Gasteiger charge is -2.19. The molecular weight excluding hydrogens is 346 g/mol. The second-order valence-electron chi connectivity index (χ2n) is 7.23. The van der Waals surface area contributed by atoms with Crippen LogP contribution >= 0.6 is 0 Å². The lowest BCUT2D eigenvalue weighted by molar-refractivity contribution is 0.112. The lowest BCUT2D eigenvalue weighted by Crippen LogP contribution is -2.36. The number of para-hydroxylation sites is 1. The molecule has 1 aliphatic carbocycles. The number of amides is 2. The maximum atomic E-state index is 12.5. The molecule has 144 valence electrons. The summed E-state index contributed by atoms with van der Waals surface area (Å²) in [5.74, 6) is 0. The van der Waals surface area contributed by atoms with E-state index in [9.17, 15) is 9.59 Å². The predicted molar refractivity (Wildman–Crippen MR) is 104 cm³/mol. The topological polar surface area (TPSA) is 92.6 Å². The summed E-state index contributed by atoms with van der Waals surface area (Å²) in [6.45, 7) is 1.16. The van der Waals surface area contributed by atoms with Crippen molar-refractivity contribution in [3.63, 3.8) is 0 Å². The first-order chi connectivity index (χ1) is 13.2. The molecule has 2 amide bonds. The van der Waals surface area contributed by atoms with E-state index in [-0.39, 0.29) is 11.8 Å². The Hall–Kier alpha value is -2.54. The highest BCUT2D eigenvalue weighted by Gasteiger charge is 2.22. The molecule has 0 bridgehead atoms. The number of carbonyl (C=O) groups excluding carboxylic acids is 1. The predicted octanol–water partition coefficient (Wildman–Crippen LogP) is 3.45. The number of hydrogen-bond acceptors (Lipinski definition) is 5. The Kier molecular flexibility index (Phi) is 5.29. The summed E-state index contributed by atoms with van der Waals surface area (Å²) >= 11 is 0. The number of hydrogen-bond donors (Lipinski definition) is 3. The van der Waals surface area contributed by atoms with Gasteiger partial charge < -0.3 is 19.8 Å². The second kappa shape index (κ2) is 8.00. The minimum Gasteiger partial charge on any atom is -0.421 e. The van der Waals surface area contributed by atoms with Crippen LogP contribution in [0.5, 0.6) is 0 Å². The first-order valence-corrected chi connectivity index (χ1v) is 9.69. The van der Waals surface area contributed by atoms with Gasteiger partial charge in [-0.3, -0.25) is 5.32 Å². The van der Waals surface area contributed by atoms with E-state index in [0.717, 1.165) is 37.7 Å². The average Bonchev–Trinajstić information content (AvgIpc) is 3.36. The number of nitrogens with one attached hydrogen (secondary N) is 3. The molecule has 0 spiro atoms. The van der Waals surface area contributed by atoms with Crippen LogP contribution in [0, 0.1) is 0 Å². The standard InChI is InChI=1S/C20H25N3O4/c24-19-18(23-20(25)21-12-14-8-5-11-26-14)17(22-13-6-1-2-7-13)15-9-3-4-10-16(15)27-19/h3-4,9-10,13-14,22H,1-2,5-8,11-12H2,(H2,21,23,25). The molecule has 2 aliphatic rings. The highest BCUT2D eigenvalue weighted by atomic mass is 16.5. The molecule has 4 rings (SSSR count). The van der Waals surface area contributed by atoms with Gasteiger partial charge in [0.25, 0.3) is 0 Å². The first kappa shape index (κ1) is 17.9. The minimum absolute atomic E-state index is 0.0415. The molecule has 1 aromatic carbocycles. The molecule has 2 fully saturated rings. The van der Waals surface area contributed by atoms with Crippen LogP contribution in [0.25, 0.3) is 11.0 Å². The van der Waals surface area contributed by atoms with Gasteiger partial charge >= 0.3 is 11.7 Å². The Morgan fingerprint density at radius 1 is 1.07 bits per heavy atom. The Bertz CT molecular complexity index is 867. The maximum absolute atomic E-state index is 12.5. The van der Waals surface area contributed by atoms with Crippen molar-refractivity contribution in [3.05, 3.63) is 34.7 Å². The van der Waals surface area contributed by atoms with Crippen LogP contribution in [-0.2, 0) is 4.74 Å². The summed E-state index contributed by atoms with van der Waals surface area (Å²) < 4.78 is 10.9. The third-order valence-electron chi connectivity index (χ3n) is 5.27. The van der Waals surface area contributed by atoms with Crippen molar-refractivity contribution in [1.82, 2.24) is 5.32 Å². The van der Waals surface area contributed by atoms with Gasteiger partial charge in [0, 0.05) is 24.6 Å². The van der Waals surface area contributed by atoms with E-state index in [4.69, 9.17) is 9.15 Å². The summed E-state index contributed by atoms with van der Waals surface area (Å²) in [4.78, 5) is 24.9. The minimum atomic E-state index is -0.554. The van der Waals surface area contributed by atoms with Gasteiger partial charge in [0.1, 0.15) is 5.58 Å². The number of benzene rings is 1. The van der Waals surface area contributed by atoms with Crippen molar-refractivity contribution in [2.45, 2.75) is 50.7 Å². The van der Waals surface area contributed by atoms with Gasteiger partial charge in [-0.2, -0.15) is 0 Å². The SMILES string of the molecule is O=C(NCC1CCCO1)Nc1c(NC2CCCC2)c2ccccc2oc1=O. The van der Waals surface area contributed by atoms with E-state index in [0.29, 0.717) is 23.9 Å². The molecule has 1 unspecified atom stereocenters. The summed E-state index contributed by atoms with van der Waals surface area (Å²) in [7, 11) is 0. The fourth-order valence-corrected chi connectivity index (χ4v) is 3.86. The van der Waals surface area contributed by atoms with Crippen molar-refractivity contribution in [2.75, 3.05) is 23.8 Å². The second-order valence-corrected chi connectivity index (χ2v) is 7.23. The Morgan fingerprint density at radius 3 is 2.67 bits per heavy atom.